The molecule has 0 aliphatic carbocycles. The van der Waals surface area contributed by atoms with Crippen LogP contribution in [0.5, 0.6) is 5.75 Å². The molecule has 4 atom stereocenters. The van der Waals surface area contributed by atoms with Gasteiger partial charge in [-0.15, -0.1) is 0 Å². The molecule has 2 saturated heterocycles. The Labute approximate surface area is 167 Å². The van der Waals surface area contributed by atoms with Crippen LogP contribution in [0.4, 0.5) is 0 Å². The normalized spacial score (nSPS) is 25.3. The molecule has 152 valence electrons. The molecule has 8 heteroatoms. The summed E-state index contributed by atoms with van der Waals surface area (Å²) in [6.07, 6.45) is 0.858. The average Bonchev–Trinajstić information content (AvgIpc) is 3.33. The van der Waals surface area contributed by atoms with E-state index in [0.717, 1.165) is 0 Å². The molecule has 0 radical (unpaired) electrons. The number of carbonyl (C=O) groups excluding carboxylic acids is 2. The van der Waals surface area contributed by atoms with E-state index in [2.05, 4.69) is 4.98 Å². The van der Waals surface area contributed by atoms with Crippen LogP contribution in [0, 0.1) is 0 Å². The first kappa shape index (κ1) is 19.4. The van der Waals surface area contributed by atoms with E-state index < -0.39 is 36.4 Å². The van der Waals surface area contributed by atoms with Gasteiger partial charge in [-0.2, -0.15) is 0 Å². The van der Waals surface area contributed by atoms with Gasteiger partial charge >= 0.3 is 11.9 Å². The molecule has 3 heterocycles. The van der Waals surface area contributed by atoms with Crippen molar-refractivity contribution in [2.75, 3.05) is 19.8 Å². The third kappa shape index (κ3) is 4.08. The third-order valence-electron chi connectivity index (χ3n) is 4.78. The topological polar surface area (TPSA) is 93.2 Å². The van der Waals surface area contributed by atoms with Crippen LogP contribution < -0.4 is 4.74 Å². The molecule has 2 fully saturated rings. The Morgan fingerprint density at radius 1 is 1.00 bits per heavy atom. The van der Waals surface area contributed by atoms with E-state index in [-0.39, 0.29) is 13.2 Å². The summed E-state index contributed by atoms with van der Waals surface area (Å²) in [7, 11) is 0. The summed E-state index contributed by atoms with van der Waals surface area (Å²) in [6, 6.07) is 10.2. The quantitative estimate of drug-likeness (QED) is 0.682. The van der Waals surface area contributed by atoms with Gasteiger partial charge in [0, 0.05) is 12.4 Å². The van der Waals surface area contributed by atoms with E-state index in [9.17, 15) is 9.59 Å². The minimum atomic E-state index is -0.593. The molecule has 0 N–H and O–H groups in total. The van der Waals surface area contributed by atoms with Gasteiger partial charge in [0.2, 0.25) is 0 Å². The van der Waals surface area contributed by atoms with Crippen molar-refractivity contribution >= 4 is 11.9 Å². The molecule has 1 aromatic carbocycles. The highest BCUT2D eigenvalue weighted by atomic mass is 16.7. The third-order valence-corrected chi connectivity index (χ3v) is 4.78. The van der Waals surface area contributed by atoms with E-state index in [1.165, 1.54) is 6.20 Å². The molecule has 0 saturated carbocycles. The first-order valence-corrected chi connectivity index (χ1v) is 9.44. The van der Waals surface area contributed by atoms with Gasteiger partial charge in [0.1, 0.15) is 23.5 Å². The molecule has 1 unspecified atom stereocenters. The van der Waals surface area contributed by atoms with Crippen molar-refractivity contribution in [3.8, 4) is 5.75 Å². The number of hydrogen-bond acceptors (Lipinski definition) is 8. The van der Waals surface area contributed by atoms with E-state index in [4.69, 9.17) is 23.7 Å². The smallest absolute Gasteiger partial charge is 0.342 e. The van der Waals surface area contributed by atoms with Gasteiger partial charge in [0.25, 0.3) is 0 Å². The lowest BCUT2D eigenvalue weighted by molar-refractivity contribution is -0.0288. The number of esters is 2. The van der Waals surface area contributed by atoms with Crippen LogP contribution >= 0.6 is 0 Å². The number of hydrogen-bond donors (Lipinski definition) is 0. The lowest BCUT2D eigenvalue weighted by Crippen LogP contribution is -2.36. The molecule has 8 nitrogen and oxygen atoms in total. The second-order valence-electron chi connectivity index (χ2n) is 6.65. The number of ether oxygens (including phenoxy) is 5. The first-order valence-electron chi connectivity index (χ1n) is 9.44. The SMILES string of the molecule is CCOc1ccccc1C(=O)O[C@H]1CO[C@@H]2C(OC(=O)c3cccnc3)CO[C@H]12. The largest absolute Gasteiger partial charge is 0.493 e. The fourth-order valence-corrected chi connectivity index (χ4v) is 3.44. The average molecular weight is 399 g/mol. The highest BCUT2D eigenvalue weighted by molar-refractivity contribution is 5.92. The number of para-hydroxylation sites is 1. The van der Waals surface area contributed by atoms with Crippen molar-refractivity contribution < 1.29 is 33.3 Å². The van der Waals surface area contributed by atoms with Crippen LogP contribution in [0.3, 0.4) is 0 Å². The Hall–Kier alpha value is -2.97. The number of rotatable bonds is 6. The van der Waals surface area contributed by atoms with E-state index in [1.807, 2.05) is 6.92 Å². The standard InChI is InChI=1S/C21H21NO7/c1-2-25-15-8-4-3-7-14(15)21(24)29-17-12-27-18-16(11-26-19(17)18)28-20(23)13-6-5-9-22-10-13/h3-10,16-19H,2,11-12H2,1H3/t16?,17-,18+,19+/m0/s1. The lowest BCUT2D eigenvalue weighted by Gasteiger charge is -2.18. The molecular formula is C21H21NO7. The van der Waals surface area contributed by atoms with Crippen LogP contribution in [0.1, 0.15) is 27.6 Å². The van der Waals surface area contributed by atoms with Crippen molar-refractivity contribution in [3.63, 3.8) is 0 Å². The monoisotopic (exact) mass is 399 g/mol. The second kappa shape index (κ2) is 8.59. The molecular weight excluding hydrogens is 378 g/mol. The zero-order valence-electron chi connectivity index (χ0n) is 15.9. The summed E-state index contributed by atoms with van der Waals surface area (Å²) >= 11 is 0. The van der Waals surface area contributed by atoms with Crippen LogP contribution in [0.25, 0.3) is 0 Å². The fraction of sp³-hybridized carbons (Fsp3) is 0.381. The minimum Gasteiger partial charge on any atom is -0.493 e. The maximum atomic E-state index is 12.6. The Kier molecular flexibility index (Phi) is 5.73. The molecule has 2 aliphatic rings. The highest BCUT2D eigenvalue weighted by Gasteiger charge is 2.51. The Morgan fingerprint density at radius 2 is 1.69 bits per heavy atom. The van der Waals surface area contributed by atoms with E-state index >= 15 is 0 Å². The summed E-state index contributed by atoms with van der Waals surface area (Å²) in [6.45, 7) is 2.62. The summed E-state index contributed by atoms with van der Waals surface area (Å²) in [5.74, 6) is -0.546. The number of carbonyl (C=O) groups is 2. The number of nitrogens with zero attached hydrogens (tertiary/aromatic N) is 1. The lowest BCUT2D eigenvalue weighted by atomic mass is 10.1. The molecule has 29 heavy (non-hydrogen) atoms. The van der Waals surface area contributed by atoms with Crippen molar-refractivity contribution in [2.45, 2.75) is 31.3 Å². The summed E-state index contributed by atoms with van der Waals surface area (Å²) < 4.78 is 28.1. The van der Waals surface area contributed by atoms with Gasteiger partial charge in [0.15, 0.2) is 12.2 Å². The van der Waals surface area contributed by atoms with Crippen LogP contribution in [0.2, 0.25) is 0 Å². The Morgan fingerprint density at radius 3 is 2.34 bits per heavy atom. The molecule has 0 bridgehead atoms. The van der Waals surface area contributed by atoms with E-state index in [0.29, 0.717) is 23.5 Å². The summed E-state index contributed by atoms with van der Waals surface area (Å²) in [5.41, 5.74) is 0.694. The molecule has 0 spiro atoms. The van der Waals surface area contributed by atoms with Crippen molar-refractivity contribution in [1.29, 1.82) is 0 Å². The van der Waals surface area contributed by atoms with Crippen molar-refractivity contribution in [2.24, 2.45) is 0 Å². The van der Waals surface area contributed by atoms with Crippen LogP contribution in [-0.2, 0) is 18.9 Å². The van der Waals surface area contributed by atoms with Crippen molar-refractivity contribution in [1.82, 2.24) is 4.98 Å². The van der Waals surface area contributed by atoms with Gasteiger partial charge in [-0.3, -0.25) is 4.98 Å². The molecule has 4 rings (SSSR count). The zero-order valence-corrected chi connectivity index (χ0v) is 15.9. The maximum absolute atomic E-state index is 12.6. The summed E-state index contributed by atoms with van der Waals surface area (Å²) in [5, 5.41) is 0. The summed E-state index contributed by atoms with van der Waals surface area (Å²) in [4.78, 5) is 28.8. The first-order chi connectivity index (χ1) is 14.2. The van der Waals surface area contributed by atoms with Gasteiger partial charge in [-0.1, -0.05) is 12.1 Å². The predicted molar refractivity (Wildman–Crippen MR) is 99.7 cm³/mol. The van der Waals surface area contributed by atoms with Crippen LogP contribution in [-0.4, -0.2) is 61.2 Å². The maximum Gasteiger partial charge on any atom is 0.342 e. The number of aromatic nitrogens is 1. The predicted octanol–water partition coefficient (Wildman–Crippen LogP) is 2.03. The zero-order chi connectivity index (χ0) is 20.2. The van der Waals surface area contributed by atoms with Gasteiger partial charge in [0.05, 0.1) is 25.4 Å². The van der Waals surface area contributed by atoms with Gasteiger partial charge in [-0.05, 0) is 31.2 Å². The van der Waals surface area contributed by atoms with E-state index in [1.54, 1.807) is 42.6 Å². The number of fused-ring (bicyclic) bond motifs is 1. The molecule has 0 amide bonds. The Balaban J connectivity index is 1.38. The highest BCUT2D eigenvalue weighted by Crippen LogP contribution is 2.32. The number of benzene rings is 1. The van der Waals surface area contributed by atoms with Gasteiger partial charge < -0.3 is 23.7 Å². The fourth-order valence-electron chi connectivity index (χ4n) is 3.44. The Bertz CT molecular complexity index is 872. The molecule has 1 aromatic heterocycles. The minimum absolute atomic E-state index is 0.165. The van der Waals surface area contributed by atoms with Gasteiger partial charge in [-0.25, -0.2) is 9.59 Å². The van der Waals surface area contributed by atoms with Crippen LogP contribution in [0.15, 0.2) is 48.8 Å². The molecule has 2 aliphatic heterocycles. The number of pyridine rings is 1. The molecule has 2 aromatic rings. The second-order valence-corrected chi connectivity index (χ2v) is 6.65. The van der Waals surface area contributed by atoms with Crippen molar-refractivity contribution in [3.05, 3.63) is 59.9 Å².